The van der Waals surface area contributed by atoms with Crippen molar-refractivity contribution in [2.45, 2.75) is 6.23 Å². The van der Waals surface area contributed by atoms with E-state index >= 15 is 0 Å². The van der Waals surface area contributed by atoms with Crippen molar-refractivity contribution < 1.29 is 13.5 Å². The molecule has 1 aromatic carbocycles. The monoisotopic (exact) mass is 283 g/mol. The molecule has 1 aliphatic rings. The quantitative estimate of drug-likeness (QED) is 0.584. The number of benzene rings is 1. The van der Waals surface area contributed by atoms with Crippen molar-refractivity contribution in [3.63, 3.8) is 0 Å². The van der Waals surface area contributed by atoms with Gasteiger partial charge < -0.3 is 4.74 Å². The topological polar surface area (TPSA) is 21.3 Å². The van der Waals surface area contributed by atoms with Gasteiger partial charge in [-0.15, -0.1) is 8.78 Å². The van der Waals surface area contributed by atoms with Crippen LogP contribution in [0.15, 0.2) is 18.2 Å². The summed E-state index contributed by atoms with van der Waals surface area (Å²) in [6.45, 7) is 0. The Labute approximate surface area is 81.0 Å². The number of anilines is 1. The Morgan fingerprint density at radius 1 is 1.42 bits per heavy atom. The highest BCUT2D eigenvalue weighted by molar-refractivity contribution is 14.1. The second-order valence-electron chi connectivity index (χ2n) is 2.38. The second-order valence-corrected chi connectivity index (χ2v) is 3.63. The van der Waals surface area contributed by atoms with E-state index in [1.54, 1.807) is 18.2 Å². The van der Waals surface area contributed by atoms with Crippen LogP contribution in [0.5, 0.6) is 5.75 Å². The fourth-order valence-electron chi connectivity index (χ4n) is 1.00. The Morgan fingerprint density at radius 3 is 2.92 bits per heavy atom. The van der Waals surface area contributed by atoms with E-state index in [2.05, 4.69) is 4.74 Å². The molecule has 12 heavy (non-hydrogen) atoms. The molecule has 0 fully saturated rings. The van der Waals surface area contributed by atoms with Crippen LogP contribution in [-0.2, 0) is 0 Å². The molecule has 1 aliphatic heterocycles. The molecule has 5 heteroatoms. The maximum absolute atomic E-state index is 12.5. The fraction of sp³-hybridized carbons (Fsp3) is 0.143. The van der Waals surface area contributed by atoms with Crippen molar-refractivity contribution in [2.75, 3.05) is 5.32 Å². The molecule has 0 saturated heterocycles. The molecule has 0 unspecified atom stereocenters. The summed E-state index contributed by atoms with van der Waals surface area (Å²) >= 11 is 2.03. The maximum atomic E-state index is 12.5. The van der Waals surface area contributed by atoms with Gasteiger partial charge in [-0.05, 0) is 40.8 Å². The van der Waals surface area contributed by atoms with Crippen LogP contribution in [0.2, 0.25) is 0 Å². The maximum Gasteiger partial charge on any atom is 0.494 e. The van der Waals surface area contributed by atoms with Crippen LogP contribution < -0.4 is 10.1 Å². The van der Waals surface area contributed by atoms with Crippen molar-refractivity contribution in [3.8, 4) is 5.75 Å². The minimum absolute atomic E-state index is 0.201. The molecule has 0 saturated carbocycles. The van der Waals surface area contributed by atoms with E-state index < -0.39 is 6.23 Å². The van der Waals surface area contributed by atoms with Crippen molar-refractivity contribution >= 4 is 28.3 Å². The average Bonchev–Trinajstić information content (AvgIpc) is 2.21. The summed E-state index contributed by atoms with van der Waals surface area (Å²) in [5.74, 6) is 0.201. The highest BCUT2D eigenvalue weighted by Crippen LogP contribution is 2.38. The Balaban J connectivity index is 2.43. The smallest absolute Gasteiger partial charge is 0.413 e. The van der Waals surface area contributed by atoms with E-state index in [4.69, 9.17) is 0 Å². The predicted molar refractivity (Wildman–Crippen MR) is 48.4 cm³/mol. The number of nitrogens with one attached hydrogen (secondary N) is 1. The summed E-state index contributed by atoms with van der Waals surface area (Å²) in [5.41, 5.74) is 0.334. The van der Waals surface area contributed by atoms with Crippen molar-refractivity contribution in [1.82, 2.24) is 0 Å². The lowest BCUT2D eigenvalue weighted by molar-refractivity contribution is -0.138. The molecule has 0 aliphatic carbocycles. The first kappa shape index (κ1) is 8.03. The number of alkyl halides is 2. The largest absolute Gasteiger partial charge is 0.494 e. The highest BCUT2D eigenvalue weighted by atomic mass is 127. The van der Waals surface area contributed by atoms with Gasteiger partial charge in [-0.25, -0.2) is 0 Å². The van der Waals surface area contributed by atoms with Crippen molar-refractivity contribution in [1.29, 1.82) is 0 Å². The molecule has 1 heterocycles. The van der Waals surface area contributed by atoms with Gasteiger partial charge in [0.05, 0.1) is 5.69 Å². The van der Waals surface area contributed by atoms with Crippen LogP contribution in [0, 0.1) is 3.57 Å². The summed E-state index contributed by atoms with van der Waals surface area (Å²) in [6.07, 6.45) is -3.26. The van der Waals surface area contributed by atoms with Crippen LogP contribution in [0.4, 0.5) is 14.5 Å². The van der Waals surface area contributed by atoms with Crippen molar-refractivity contribution in [2.24, 2.45) is 0 Å². The first-order valence-electron chi connectivity index (χ1n) is 3.21. The number of fused-ring (bicyclic) bond motifs is 1. The van der Waals surface area contributed by atoms with E-state index in [-0.39, 0.29) is 5.75 Å². The molecule has 64 valence electrons. The third kappa shape index (κ3) is 1.33. The van der Waals surface area contributed by atoms with Gasteiger partial charge in [0, 0.05) is 3.57 Å². The van der Waals surface area contributed by atoms with Crippen molar-refractivity contribution in [3.05, 3.63) is 21.8 Å². The van der Waals surface area contributed by atoms with E-state index in [0.29, 0.717) is 5.69 Å². The van der Waals surface area contributed by atoms with E-state index in [1.807, 2.05) is 27.9 Å². The predicted octanol–water partition coefficient (Wildman–Crippen LogP) is 2.65. The van der Waals surface area contributed by atoms with Gasteiger partial charge in [-0.2, -0.15) is 0 Å². The Kier molecular flexibility index (Phi) is 1.64. The lowest BCUT2D eigenvalue weighted by Crippen LogP contribution is -2.28. The number of rotatable bonds is 0. The Hall–Kier alpha value is -0.590. The van der Waals surface area contributed by atoms with Gasteiger partial charge in [-0.1, -0.05) is 0 Å². The molecule has 0 spiro atoms. The molecule has 0 radical (unpaired) electrons. The van der Waals surface area contributed by atoms with Crippen LogP contribution in [0.1, 0.15) is 0 Å². The summed E-state index contributed by atoms with van der Waals surface area (Å²) in [5, 5.41) is 1.94. The summed E-state index contributed by atoms with van der Waals surface area (Å²) < 4.78 is 30.3. The minimum atomic E-state index is -3.26. The normalized spacial score (nSPS) is 17.9. The van der Waals surface area contributed by atoms with Crippen LogP contribution >= 0.6 is 22.6 Å². The Morgan fingerprint density at radius 2 is 2.17 bits per heavy atom. The molecule has 2 nitrogen and oxygen atoms in total. The molecule has 1 N–H and O–H groups in total. The number of halogens is 3. The number of hydrogen-bond donors (Lipinski definition) is 1. The summed E-state index contributed by atoms with van der Waals surface area (Å²) in [4.78, 5) is 0. The van der Waals surface area contributed by atoms with Gasteiger partial charge in [0.2, 0.25) is 0 Å². The molecular formula is C7H4F2INO. The summed E-state index contributed by atoms with van der Waals surface area (Å²) in [7, 11) is 0. The third-order valence-electron chi connectivity index (χ3n) is 1.46. The van der Waals surface area contributed by atoms with Gasteiger partial charge in [0.1, 0.15) is 0 Å². The number of hydrogen-bond acceptors (Lipinski definition) is 2. The van der Waals surface area contributed by atoms with E-state index in [0.717, 1.165) is 3.57 Å². The lowest BCUT2D eigenvalue weighted by Gasteiger charge is -2.06. The van der Waals surface area contributed by atoms with Gasteiger partial charge >= 0.3 is 6.23 Å². The lowest BCUT2D eigenvalue weighted by atomic mass is 10.3. The molecular weight excluding hydrogens is 279 g/mol. The standard InChI is InChI=1S/C7H4F2INO/c8-7(9)11-5-2-1-4(10)3-6(5)12-7/h1-3,11H. The SMILES string of the molecule is FC1(F)Nc2ccc(I)cc2O1. The zero-order valence-corrected chi connectivity index (χ0v) is 7.93. The minimum Gasteiger partial charge on any atom is -0.413 e. The number of ether oxygens (including phenoxy) is 1. The van der Waals surface area contributed by atoms with Gasteiger partial charge in [0.25, 0.3) is 0 Å². The molecule has 2 rings (SSSR count). The molecule has 1 aromatic rings. The third-order valence-corrected chi connectivity index (χ3v) is 2.13. The molecule has 0 amide bonds. The summed E-state index contributed by atoms with van der Waals surface area (Å²) in [6, 6.07) is 4.86. The molecule has 0 atom stereocenters. The van der Waals surface area contributed by atoms with Gasteiger partial charge in [-0.3, -0.25) is 5.32 Å². The van der Waals surface area contributed by atoms with Crippen LogP contribution in [0.3, 0.4) is 0 Å². The van der Waals surface area contributed by atoms with Crippen LogP contribution in [-0.4, -0.2) is 6.23 Å². The van der Waals surface area contributed by atoms with E-state index in [1.165, 1.54) is 0 Å². The first-order valence-corrected chi connectivity index (χ1v) is 4.29. The first-order chi connectivity index (χ1) is 5.57. The molecule has 0 aromatic heterocycles. The highest BCUT2D eigenvalue weighted by Gasteiger charge is 2.39. The van der Waals surface area contributed by atoms with E-state index in [9.17, 15) is 8.78 Å². The van der Waals surface area contributed by atoms with Crippen LogP contribution in [0.25, 0.3) is 0 Å². The Bertz CT molecular complexity index is 329. The zero-order chi connectivity index (χ0) is 8.77. The molecule has 0 bridgehead atoms. The zero-order valence-electron chi connectivity index (χ0n) is 5.77. The van der Waals surface area contributed by atoms with Gasteiger partial charge in [0.15, 0.2) is 5.75 Å². The second kappa shape index (κ2) is 2.45. The fourth-order valence-corrected chi connectivity index (χ4v) is 1.47. The average molecular weight is 283 g/mol.